The van der Waals surface area contributed by atoms with E-state index in [0.717, 1.165) is 49.3 Å². The van der Waals surface area contributed by atoms with E-state index in [1.54, 1.807) is 13.3 Å². The first kappa shape index (κ1) is 21.1. The van der Waals surface area contributed by atoms with Crippen LogP contribution in [0.5, 0.6) is 0 Å². The largest absolute Gasteiger partial charge is 0.467 e. The fourth-order valence-corrected chi connectivity index (χ4v) is 3.59. The molecule has 1 saturated heterocycles. The molecule has 2 heterocycles. The lowest BCUT2D eigenvalue weighted by molar-refractivity contribution is 0.0514. The van der Waals surface area contributed by atoms with E-state index in [9.17, 15) is 0 Å². The molecule has 7 heteroatoms. The summed E-state index contributed by atoms with van der Waals surface area (Å²) in [7, 11) is 1.77. The molecule has 0 unspecified atom stereocenters. The molecule has 0 saturated carbocycles. The molecule has 1 aromatic heterocycles. The van der Waals surface area contributed by atoms with Crippen LogP contribution in [0.15, 0.2) is 52.1 Å². The van der Waals surface area contributed by atoms with E-state index in [1.807, 2.05) is 30.3 Å². The highest BCUT2D eigenvalue weighted by Gasteiger charge is 2.36. The van der Waals surface area contributed by atoms with Crippen molar-refractivity contribution in [2.75, 3.05) is 26.8 Å². The molecule has 142 valence electrons. The summed E-state index contributed by atoms with van der Waals surface area (Å²) in [6, 6.07) is 11.9. The zero-order chi connectivity index (χ0) is 17.5. The first-order chi connectivity index (χ1) is 12.2. The number of halogens is 2. The van der Waals surface area contributed by atoms with Crippen LogP contribution in [0.25, 0.3) is 0 Å². The van der Waals surface area contributed by atoms with E-state index < -0.39 is 0 Å². The average Bonchev–Trinajstić information content (AvgIpc) is 3.16. The van der Waals surface area contributed by atoms with Gasteiger partial charge >= 0.3 is 0 Å². The van der Waals surface area contributed by atoms with Crippen LogP contribution in [0.2, 0.25) is 5.02 Å². The maximum absolute atomic E-state index is 6.50. The molecule has 1 aliphatic heterocycles. The predicted octanol–water partition coefficient (Wildman–Crippen LogP) is 3.96. The number of hydrogen-bond acceptors (Lipinski definition) is 3. The molecule has 1 aromatic carbocycles. The fraction of sp³-hybridized carbons (Fsp3) is 0.421. The van der Waals surface area contributed by atoms with Crippen LogP contribution in [-0.2, 0) is 16.7 Å². The van der Waals surface area contributed by atoms with Crippen LogP contribution in [0.4, 0.5) is 0 Å². The van der Waals surface area contributed by atoms with Gasteiger partial charge in [-0.3, -0.25) is 4.99 Å². The van der Waals surface area contributed by atoms with Gasteiger partial charge in [0.1, 0.15) is 5.76 Å². The Balaban J connectivity index is 0.00000243. The molecule has 3 rings (SSSR count). The van der Waals surface area contributed by atoms with Crippen LogP contribution in [0.1, 0.15) is 24.2 Å². The quantitative estimate of drug-likeness (QED) is 0.379. The molecule has 2 N–H and O–H groups in total. The van der Waals surface area contributed by atoms with Gasteiger partial charge in [-0.05, 0) is 36.6 Å². The minimum atomic E-state index is -0.0567. The zero-order valence-corrected chi connectivity index (χ0v) is 17.9. The number of ether oxygens (including phenoxy) is 1. The third kappa shape index (κ3) is 5.14. The topological polar surface area (TPSA) is 58.8 Å². The number of nitrogens with zero attached hydrogens (tertiary/aromatic N) is 1. The van der Waals surface area contributed by atoms with Crippen LogP contribution in [-0.4, -0.2) is 32.8 Å². The summed E-state index contributed by atoms with van der Waals surface area (Å²) in [5, 5.41) is 7.54. The van der Waals surface area contributed by atoms with E-state index in [1.165, 1.54) is 5.56 Å². The van der Waals surface area contributed by atoms with Crippen molar-refractivity contribution in [3.8, 4) is 0 Å². The van der Waals surface area contributed by atoms with Gasteiger partial charge in [-0.25, -0.2) is 0 Å². The van der Waals surface area contributed by atoms with Crippen LogP contribution < -0.4 is 10.6 Å². The molecular formula is C19H25ClIN3O2. The van der Waals surface area contributed by atoms with Gasteiger partial charge in [0.2, 0.25) is 0 Å². The Bertz CT molecular complexity index is 701. The van der Waals surface area contributed by atoms with Gasteiger partial charge in [-0.2, -0.15) is 0 Å². The highest BCUT2D eigenvalue weighted by molar-refractivity contribution is 14.0. The number of aliphatic imine (C=N–C) groups is 1. The minimum absolute atomic E-state index is 0. The van der Waals surface area contributed by atoms with Crippen LogP contribution in [0.3, 0.4) is 0 Å². The third-order valence-corrected chi connectivity index (χ3v) is 5.05. The monoisotopic (exact) mass is 489 g/mol. The molecule has 1 fully saturated rings. The molecule has 0 spiro atoms. The summed E-state index contributed by atoms with van der Waals surface area (Å²) in [5.74, 6) is 1.61. The number of guanidine groups is 1. The highest BCUT2D eigenvalue weighted by atomic mass is 127. The van der Waals surface area contributed by atoms with Gasteiger partial charge in [0.05, 0.1) is 12.8 Å². The Hall–Kier alpha value is -1.25. The second-order valence-corrected chi connectivity index (χ2v) is 6.64. The first-order valence-corrected chi connectivity index (χ1v) is 8.91. The number of furan rings is 1. The second-order valence-electron chi connectivity index (χ2n) is 6.23. The van der Waals surface area contributed by atoms with Gasteiger partial charge < -0.3 is 19.8 Å². The number of benzene rings is 1. The molecule has 0 radical (unpaired) electrons. The Labute approximate surface area is 176 Å². The predicted molar refractivity (Wildman–Crippen MR) is 116 cm³/mol. The molecule has 5 nitrogen and oxygen atoms in total. The van der Waals surface area contributed by atoms with E-state index in [-0.39, 0.29) is 29.4 Å². The van der Waals surface area contributed by atoms with E-state index >= 15 is 0 Å². The van der Waals surface area contributed by atoms with Crippen molar-refractivity contribution in [1.29, 1.82) is 0 Å². The molecule has 0 bridgehead atoms. The summed E-state index contributed by atoms with van der Waals surface area (Å²) in [5.41, 5.74) is 1.12. The molecule has 1 aliphatic rings. The average molecular weight is 490 g/mol. The molecule has 0 aliphatic carbocycles. The third-order valence-electron chi connectivity index (χ3n) is 4.72. The van der Waals surface area contributed by atoms with Crippen molar-refractivity contribution in [3.05, 3.63) is 59.0 Å². The smallest absolute Gasteiger partial charge is 0.191 e. The van der Waals surface area contributed by atoms with Gasteiger partial charge in [0.25, 0.3) is 0 Å². The van der Waals surface area contributed by atoms with Crippen LogP contribution in [0, 0.1) is 0 Å². The van der Waals surface area contributed by atoms with Crippen molar-refractivity contribution in [2.24, 2.45) is 4.99 Å². The summed E-state index contributed by atoms with van der Waals surface area (Å²) in [6.45, 7) is 2.82. The van der Waals surface area contributed by atoms with Crippen molar-refractivity contribution in [1.82, 2.24) is 10.6 Å². The maximum atomic E-state index is 6.50. The van der Waals surface area contributed by atoms with E-state index in [4.69, 9.17) is 20.8 Å². The highest BCUT2D eigenvalue weighted by Crippen LogP contribution is 2.38. The first-order valence-electron chi connectivity index (χ1n) is 8.53. The summed E-state index contributed by atoms with van der Waals surface area (Å²) >= 11 is 6.50. The Kier molecular flexibility index (Phi) is 8.24. The lowest BCUT2D eigenvalue weighted by Crippen LogP contribution is -2.48. The molecule has 2 aromatic rings. The zero-order valence-electron chi connectivity index (χ0n) is 14.8. The Morgan fingerprint density at radius 1 is 1.15 bits per heavy atom. The normalized spacial score (nSPS) is 16.6. The Morgan fingerprint density at radius 2 is 1.92 bits per heavy atom. The lowest BCUT2D eigenvalue weighted by atomic mass is 9.74. The van der Waals surface area contributed by atoms with Gasteiger partial charge in [-0.1, -0.05) is 29.8 Å². The molecule has 0 amide bonds. The number of hydrogen-bond donors (Lipinski definition) is 2. The molecular weight excluding hydrogens is 465 g/mol. The van der Waals surface area contributed by atoms with Crippen molar-refractivity contribution in [3.63, 3.8) is 0 Å². The van der Waals surface area contributed by atoms with Crippen molar-refractivity contribution in [2.45, 2.75) is 24.8 Å². The van der Waals surface area contributed by atoms with Crippen molar-refractivity contribution >= 4 is 41.5 Å². The maximum Gasteiger partial charge on any atom is 0.191 e. The van der Waals surface area contributed by atoms with Gasteiger partial charge in [0.15, 0.2) is 5.96 Å². The molecule has 26 heavy (non-hydrogen) atoms. The van der Waals surface area contributed by atoms with Crippen LogP contribution >= 0.6 is 35.6 Å². The standard InChI is InChI=1S/C19H24ClN3O2.HI/c1-21-18(22-13-15-5-4-10-25-15)23-14-19(8-11-24-12-9-19)16-6-2-3-7-17(16)20;/h2-7,10H,8-9,11-14H2,1H3,(H2,21,22,23);1H. The van der Waals surface area contributed by atoms with Gasteiger partial charge in [-0.15, -0.1) is 24.0 Å². The summed E-state index contributed by atoms with van der Waals surface area (Å²) in [4.78, 5) is 4.31. The fourth-order valence-electron chi connectivity index (χ4n) is 3.25. The van der Waals surface area contributed by atoms with E-state index in [2.05, 4.69) is 21.7 Å². The lowest BCUT2D eigenvalue weighted by Gasteiger charge is -2.38. The van der Waals surface area contributed by atoms with Crippen molar-refractivity contribution < 1.29 is 9.15 Å². The number of nitrogens with one attached hydrogen (secondary N) is 2. The summed E-state index contributed by atoms with van der Waals surface area (Å²) in [6.07, 6.45) is 3.53. The summed E-state index contributed by atoms with van der Waals surface area (Å²) < 4.78 is 10.9. The van der Waals surface area contributed by atoms with E-state index in [0.29, 0.717) is 6.54 Å². The second kappa shape index (κ2) is 10.2. The van der Waals surface area contributed by atoms with Gasteiger partial charge in [0, 0.05) is 37.2 Å². The number of rotatable bonds is 5. The minimum Gasteiger partial charge on any atom is -0.467 e. The SMILES string of the molecule is CN=C(NCc1ccco1)NCC1(c2ccccc2Cl)CCOCC1.I. The molecule has 0 atom stereocenters. The Morgan fingerprint density at radius 3 is 2.58 bits per heavy atom.